The van der Waals surface area contributed by atoms with Crippen LogP contribution in [0, 0.1) is 0 Å². The maximum Gasteiger partial charge on any atom is 0.294 e. The summed E-state index contributed by atoms with van der Waals surface area (Å²) in [5.74, 6) is -1.27. The second-order valence-electron chi connectivity index (χ2n) is 5.10. The number of aromatic hydroxyl groups is 1. The number of pyridine rings is 1. The summed E-state index contributed by atoms with van der Waals surface area (Å²) in [6.45, 7) is 0. The second kappa shape index (κ2) is 6.66. The molecule has 25 heavy (non-hydrogen) atoms. The van der Waals surface area contributed by atoms with Gasteiger partial charge in [-0.1, -0.05) is 41.4 Å². The molecule has 0 spiro atoms. The summed E-state index contributed by atoms with van der Waals surface area (Å²) in [5.41, 5.74) is -0.418. The number of carbonyl (C=O) groups is 1. The fourth-order valence-corrected chi connectivity index (χ4v) is 2.82. The largest absolute Gasteiger partial charge is 0.492 e. The van der Waals surface area contributed by atoms with E-state index in [0.29, 0.717) is 9.75 Å². The molecular formula is C17H12Cl2N2O4. The Morgan fingerprint density at radius 2 is 1.84 bits per heavy atom. The molecule has 0 radical (unpaired) electrons. The molecule has 0 bridgehead atoms. The van der Waals surface area contributed by atoms with Crippen LogP contribution in [-0.2, 0) is 0 Å². The molecule has 8 heteroatoms. The van der Waals surface area contributed by atoms with Crippen molar-refractivity contribution in [2.24, 2.45) is 0 Å². The van der Waals surface area contributed by atoms with Crippen LogP contribution in [0.25, 0.3) is 10.8 Å². The molecular weight excluding hydrogens is 367 g/mol. The lowest BCUT2D eigenvalue weighted by Gasteiger charge is -2.14. The highest BCUT2D eigenvalue weighted by Crippen LogP contribution is 2.29. The van der Waals surface area contributed by atoms with Gasteiger partial charge in [0.05, 0.1) is 16.1 Å². The SMILES string of the molecule is COn1c(O)c(C(=O)Nc2cc(Cl)ccc2Cl)c2ccccc2c1=O. The molecule has 6 nitrogen and oxygen atoms in total. The van der Waals surface area contributed by atoms with Gasteiger partial charge in [0.1, 0.15) is 12.7 Å². The summed E-state index contributed by atoms with van der Waals surface area (Å²) >= 11 is 12.0. The topological polar surface area (TPSA) is 80.6 Å². The van der Waals surface area contributed by atoms with E-state index in [1.807, 2.05) is 0 Å². The van der Waals surface area contributed by atoms with Crippen molar-refractivity contribution in [1.29, 1.82) is 0 Å². The molecule has 1 amide bonds. The first-order valence-electron chi connectivity index (χ1n) is 7.11. The normalized spacial score (nSPS) is 10.7. The predicted molar refractivity (Wildman–Crippen MR) is 96.8 cm³/mol. The molecule has 0 aliphatic rings. The van der Waals surface area contributed by atoms with Crippen LogP contribution < -0.4 is 15.7 Å². The van der Waals surface area contributed by atoms with Crippen LogP contribution in [0.5, 0.6) is 5.88 Å². The van der Waals surface area contributed by atoms with Gasteiger partial charge < -0.3 is 15.3 Å². The van der Waals surface area contributed by atoms with Gasteiger partial charge in [-0.15, -0.1) is 4.73 Å². The lowest BCUT2D eigenvalue weighted by molar-refractivity contribution is 0.100. The Morgan fingerprint density at radius 3 is 2.52 bits per heavy atom. The average Bonchev–Trinajstić information content (AvgIpc) is 2.59. The van der Waals surface area contributed by atoms with Crippen molar-refractivity contribution in [2.45, 2.75) is 0 Å². The molecule has 128 valence electrons. The zero-order valence-corrected chi connectivity index (χ0v) is 14.4. The maximum absolute atomic E-state index is 12.7. The van der Waals surface area contributed by atoms with E-state index in [0.717, 1.165) is 0 Å². The van der Waals surface area contributed by atoms with E-state index in [2.05, 4.69) is 5.32 Å². The van der Waals surface area contributed by atoms with Gasteiger partial charge in [0.2, 0.25) is 5.88 Å². The summed E-state index contributed by atoms with van der Waals surface area (Å²) in [4.78, 5) is 30.0. The number of hydrogen-bond acceptors (Lipinski definition) is 4. The number of benzene rings is 2. The van der Waals surface area contributed by atoms with Gasteiger partial charge in [-0.25, -0.2) is 0 Å². The third-order valence-electron chi connectivity index (χ3n) is 3.61. The fraction of sp³-hybridized carbons (Fsp3) is 0.0588. The number of amides is 1. The minimum atomic E-state index is -0.663. The standard InChI is InChI=1S/C17H12Cl2N2O4/c1-25-21-16(23)11-5-3-2-4-10(11)14(17(21)24)15(22)20-13-8-9(18)6-7-12(13)19/h2-8,24H,1H3,(H,20,22). The lowest BCUT2D eigenvalue weighted by atomic mass is 10.1. The quantitative estimate of drug-likeness (QED) is 0.732. The predicted octanol–water partition coefficient (Wildman–Crippen LogP) is 3.32. The molecule has 3 aromatic rings. The van der Waals surface area contributed by atoms with Gasteiger partial charge >= 0.3 is 0 Å². The number of carbonyl (C=O) groups excluding carboxylic acids is 1. The highest BCUT2D eigenvalue weighted by atomic mass is 35.5. The highest BCUT2D eigenvalue weighted by Gasteiger charge is 2.22. The molecule has 3 rings (SSSR count). The number of nitrogens with zero attached hydrogens (tertiary/aromatic N) is 1. The maximum atomic E-state index is 12.7. The zero-order valence-electron chi connectivity index (χ0n) is 12.9. The van der Waals surface area contributed by atoms with E-state index in [-0.39, 0.29) is 27.0 Å². The minimum absolute atomic E-state index is 0.118. The molecule has 0 unspecified atom stereocenters. The van der Waals surface area contributed by atoms with Crippen molar-refractivity contribution in [2.75, 3.05) is 12.4 Å². The third-order valence-corrected chi connectivity index (χ3v) is 4.18. The number of anilines is 1. The van der Waals surface area contributed by atoms with Crippen molar-refractivity contribution in [3.8, 4) is 5.88 Å². The van der Waals surface area contributed by atoms with Gasteiger partial charge in [-0.05, 0) is 24.3 Å². The number of fused-ring (bicyclic) bond motifs is 1. The average molecular weight is 379 g/mol. The number of nitrogens with one attached hydrogen (secondary N) is 1. The molecule has 0 aliphatic carbocycles. The molecule has 0 fully saturated rings. The minimum Gasteiger partial charge on any atom is -0.492 e. The Hall–Kier alpha value is -2.70. The summed E-state index contributed by atoms with van der Waals surface area (Å²) in [6, 6.07) is 11.0. The number of rotatable bonds is 3. The van der Waals surface area contributed by atoms with E-state index in [4.69, 9.17) is 28.0 Å². The van der Waals surface area contributed by atoms with Gasteiger partial charge in [-0.3, -0.25) is 9.59 Å². The second-order valence-corrected chi connectivity index (χ2v) is 5.95. The molecule has 2 aromatic carbocycles. The molecule has 0 saturated carbocycles. The molecule has 2 N–H and O–H groups in total. The van der Waals surface area contributed by atoms with Crippen LogP contribution in [0.1, 0.15) is 10.4 Å². The number of aromatic nitrogens is 1. The first-order valence-corrected chi connectivity index (χ1v) is 7.87. The van der Waals surface area contributed by atoms with E-state index in [1.54, 1.807) is 24.3 Å². The summed E-state index contributed by atoms with van der Waals surface area (Å²) in [5, 5.41) is 14.1. The number of hydrogen-bond donors (Lipinski definition) is 2. The van der Waals surface area contributed by atoms with Gasteiger partial charge in [0.25, 0.3) is 11.5 Å². The Morgan fingerprint density at radius 1 is 1.16 bits per heavy atom. The third kappa shape index (κ3) is 3.01. The van der Waals surface area contributed by atoms with Gasteiger partial charge in [-0.2, -0.15) is 0 Å². The molecule has 0 aliphatic heterocycles. The zero-order chi connectivity index (χ0) is 18.1. The van der Waals surface area contributed by atoms with Crippen molar-refractivity contribution in [3.63, 3.8) is 0 Å². The highest BCUT2D eigenvalue weighted by molar-refractivity contribution is 6.36. The lowest BCUT2D eigenvalue weighted by Crippen LogP contribution is -2.28. The van der Waals surface area contributed by atoms with Crippen molar-refractivity contribution in [1.82, 2.24) is 4.73 Å². The summed E-state index contributed by atoms with van der Waals surface area (Å²) in [7, 11) is 1.21. The summed E-state index contributed by atoms with van der Waals surface area (Å²) in [6.07, 6.45) is 0. The smallest absolute Gasteiger partial charge is 0.294 e. The first-order chi connectivity index (χ1) is 11.9. The van der Waals surface area contributed by atoms with Gasteiger partial charge in [0, 0.05) is 10.4 Å². The first kappa shape index (κ1) is 17.1. The Balaban J connectivity index is 2.19. The Bertz CT molecular complexity index is 1050. The van der Waals surface area contributed by atoms with Crippen LogP contribution in [0.15, 0.2) is 47.3 Å². The van der Waals surface area contributed by atoms with E-state index < -0.39 is 17.3 Å². The molecule has 0 atom stereocenters. The van der Waals surface area contributed by atoms with Crippen LogP contribution in [0.2, 0.25) is 10.0 Å². The van der Waals surface area contributed by atoms with Crippen molar-refractivity contribution < 1.29 is 14.7 Å². The van der Waals surface area contributed by atoms with E-state index >= 15 is 0 Å². The van der Waals surface area contributed by atoms with Crippen LogP contribution in [0.4, 0.5) is 5.69 Å². The Kier molecular flexibility index (Phi) is 4.57. The van der Waals surface area contributed by atoms with Crippen LogP contribution in [-0.4, -0.2) is 22.9 Å². The molecule has 1 heterocycles. The Labute approximate surface area is 152 Å². The fourth-order valence-electron chi connectivity index (χ4n) is 2.49. The monoisotopic (exact) mass is 378 g/mol. The van der Waals surface area contributed by atoms with Crippen molar-refractivity contribution in [3.05, 3.63) is 68.4 Å². The van der Waals surface area contributed by atoms with Crippen LogP contribution in [0.3, 0.4) is 0 Å². The summed E-state index contributed by atoms with van der Waals surface area (Å²) < 4.78 is 0.650. The molecule has 0 saturated heterocycles. The molecule has 1 aromatic heterocycles. The van der Waals surface area contributed by atoms with Gasteiger partial charge in [0.15, 0.2) is 0 Å². The van der Waals surface area contributed by atoms with E-state index in [9.17, 15) is 14.7 Å². The van der Waals surface area contributed by atoms with E-state index in [1.165, 1.54) is 25.3 Å². The van der Waals surface area contributed by atoms with Crippen molar-refractivity contribution >= 4 is 45.6 Å². The van der Waals surface area contributed by atoms with Crippen LogP contribution >= 0.6 is 23.2 Å². The number of halogens is 2.